The summed E-state index contributed by atoms with van der Waals surface area (Å²) >= 11 is 3.11. The summed E-state index contributed by atoms with van der Waals surface area (Å²) in [7, 11) is 0. The number of hydrogen-bond acceptors (Lipinski definition) is 3. The maximum absolute atomic E-state index is 11.6. The van der Waals surface area contributed by atoms with Gasteiger partial charge >= 0.3 is 0 Å². The molecule has 0 radical (unpaired) electrons. The Hall–Kier alpha value is -1.17. The van der Waals surface area contributed by atoms with Crippen molar-refractivity contribution in [3.8, 4) is 0 Å². The van der Waals surface area contributed by atoms with Gasteiger partial charge in [-0.15, -0.1) is 0 Å². The van der Waals surface area contributed by atoms with Gasteiger partial charge < -0.3 is 15.2 Å². The molecular formula is C12H12BrNO3. The average Bonchev–Trinajstić information content (AvgIpc) is 2.37. The number of aromatic nitrogens is 1. The fourth-order valence-corrected chi connectivity index (χ4v) is 2.12. The molecule has 2 rings (SSSR count). The first kappa shape index (κ1) is 12.3. The van der Waals surface area contributed by atoms with E-state index in [0.717, 1.165) is 0 Å². The number of alkyl halides is 1. The van der Waals surface area contributed by atoms with E-state index in [1.807, 2.05) is 0 Å². The fraction of sp³-hybridized carbons (Fsp3) is 0.250. The highest BCUT2D eigenvalue weighted by Gasteiger charge is 2.19. The summed E-state index contributed by atoms with van der Waals surface area (Å²) in [6, 6.07) is 6.50. The third-order valence-electron chi connectivity index (χ3n) is 2.67. The van der Waals surface area contributed by atoms with Gasteiger partial charge in [-0.3, -0.25) is 4.79 Å². The van der Waals surface area contributed by atoms with E-state index in [9.17, 15) is 15.0 Å². The lowest BCUT2D eigenvalue weighted by atomic mass is 10.0. The van der Waals surface area contributed by atoms with Crippen LogP contribution >= 0.6 is 15.9 Å². The van der Waals surface area contributed by atoms with E-state index in [0.29, 0.717) is 16.5 Å². The molecule has 0 aliphatic carbocycles. The maximum atomic E-state index is 11.6. The lowest BCUT2D eigenvalue weighted by molar-refractivity contribution is 0.0351. The van der Waals surface area contributed by atoms with Crippen LogP contribution in [0.25, 0.3) is 10.9 Å². The van der Waals surface area contributed by atoms with E-state index in [2.05, 4.69) is 20.9 Å². The lowest BCUT2D eigenvalue weighted by Gasteiger charge is -2.17. The van der Waals surface area contributed by atoms with Crippen molar-refractivity contribution < 1.29 is 10.2 Å². The number of rotatable bonds is 3. The number of aliphatic hydroxyl groups excluding tert-OH is 2. The summed E-state index contributed by atoms with van der Waals surface area (Å²) in [6.07, 6.45) is -0.415. The van der Waals surface area contributed by atoms with Crippen LogP contribution in [0.2, 0.25) is 0 Å². The number of pyridine rings is 1. The molecule has 0 aliphatic heterocycles. The molecule has 3 N–H and O–H groups in total. The van der Waals surface area contributed by atoms with Crippen LogP contribution in [-0.2, 0) is 0 Å². The number of benzene rings is 1. The Morgan fingerprint density at radius 1 is 1.29 bits per heavy atom. The minimum Gasteiger partial charge on any atom is -0.389 e. The molecule has 90 valence electrons. The van der Waals surface area contributed by atoms with Crippen LogP contribution in [-0.4, -0.2) is 26.6 Å². The molecule has 5 heteroatoms. The summed E-state index contributed by atoms with van der Waals surface area (Å²) in [5.74, 6) is 0. The molecule has 1 aromatic heterocycles. The number of aliphatic hydroxyl groups is 2. The third kappa shape index (κ3) is 2.26. The molecule has 1 heterocycles. The third-order valence-corrected chi connectivity index (χ3v) is 3.33. The van der Waals surface area contributed by atoms with Crippen molar-refractivity contribution in [1.29, 1.82) is 0 Å². The van der Waals surface area contributed by atoms with Crippen molar-refractivity contribution in [2.75, 3.05) is 5.33 Å². The first-order chi connectivity index (χ1) is 8.15. The van der Waals surface area contributed by atoms with Crippen LogP contribution in [0.4, 0.5) is 0 Å². The van der Waals surface area contributed by atoms with Gasteiger partial charge in [-0.1, -0.05) is 28.1 Å². The normalized spacial score (nSPS) is 14.8. The van der Waals surface area contributed by atoms with Gasteiger partial charge in [-0.25, -0.2) is 0 Å². The molecule has 0 aliphatic rings. The molecule has 0 saturated heterocycles. The number of fused-ring (bicyclic) bond motifs is 1. The molecule has 1 aromatic carbocycles. The summed E-state index contributed by atoms with van der Waals surface area (Å²) in [4.78, 5) is 14.6. The van der Waals surface area contributed by atoms with E-state index in [4.69, 9.17) is 0 Å². The van der Waals surface area contributed by atoms with Gasteiger partial charge in [-0.05, 0) is 6.07 Å². The maximum Gasteiger partial charge on any atom is 0.189 e. The molecule has 0 fully saturated rings. The number of H-pyrrole nitrogens is 1. The van der Waals surface area contributed by atoms with Crippen LogP contribution < -0.4 is 5.43 Å². The second-order valence-corrected chi connectivity index (χ2v) is 4.43. The average molecular weight is 298 g/mol. The number of para-hydroxylation sites is 1. The topological polar surface area (TPSA) is 73.3 Å². The quantitative estimate of drug-likeness (QED) is 0.748. The molecule has 17 heavy (non-hydrogen) atoms. The van der Waals surface area contributed by atoms with Crippen LogP contribution in [0.15, 0.2) is 35.3 Å². The van der Waals surface area contributed by atoms with Crippen molar-refractivity contribution in [2.24, 2.45) is 0 Å². The van der Waals surface area contributed by atoms with E-state index < -0.39 is 12.2 Å². The Balaban J connectivity index is 2.63. The molecule has 4 nitrogen and oxygen atoms in total. The first-order valence-corrected chi connectivity index (χ1v) is 6.29. The summed E-state index contributed by atoms with van der Waals surface area (Å²) in [6.45, 7) is 0. The SMILES string of the molecule is O=c1cc[nH]c2c(C(O)C(O)CBr)cccc12. The highest BCUT2D eigenvalue weighted by Crippen LogP contribution is 2.23. The van der Waals surface area contributed by atoms with Gasteiger partial charge in [0.05, 0.1) is 11.6 Å². The fourth-order valence-electron chi connectivity index (χ4n) is 1.77. The Morgan fingerprint density at radius 3 is 2.76 bits per heavy atom. The summed E-state index contributed by atoms with van der Waals surface area (Å²) in [5.41, 5.74) is 0.973. The minimum atomic E-state index is -1.03. The molecule has 0 spiro atoms. The monoisotopic (exact) mass is 297 g/mol. The van der Waals surface area contributed by atoms with Crippen LogP contribution in [0.1, 0.15) is 11.7 Å². The number of nitrogens with one attached hydrogen (secondary N) is 1. The standard InChI is InChI=1S/C12H12BrNO3/c13-6-10(16)12(17)8-3-1-2-7-9(15)4-5-14-11(7)8/h1-5,10,12,16-17H,6H2,(H,14,15). The molecule has 2 aromatic rings. The van der Waals surface area contributed by atoms with Gasteiger partial charge in [-0.2, -0.15) is 0 Å². The molecular weight excluding hydrogens is 286 g/mol. The van der Waals surface area contributed by atoms with E-state index >= 15 is 0 Å². The van der Waals surface area contributed by atoms with Crippen LogP contribution in [0.5, 0.6) is 0 Å². The zero-order chi connectivity index (χ0) is 12.4. The predicted molar refractivity (Wildman–Crippen MR) is 69.3 cm³/mol. The van der Waals surface area contributed by atoms with E-state index in [1.54, 1.807) is 18.2 Å². The van der Waals surface area contributed by atoms with Gasteiger partial charge in [0.2, 0.25) is 0 Å². The van der Waals surface area contributed by atoms with Crippen molar-refractivity contribution in [1.82, 2.24) is 4.98 Å². The highest BCUT2D eigenvalue weighted by atomic mass is 79.9. The van der Waals surface area contributed by atoms with Gasteiger partial charge in [0.25, 0.3) is 0 Å². The van der Waals surface area contributed by atoms with E-state index in [1.165, 1.54) is 12.3 Å². The Kier molecular flexibility index (Phi) is 3.61. The first-order valence-electron chi connectivity index (χ1n) is 5.17. The lowest BCUT2D eigenvalue weighted by Crippen LogP contribution is -2.20. The molecule has 2 atom stereocenters. The Labute approximate surface area is 106 Å². The molecule has 0 amide bonds. The predicted octanol–water partition coefficient (Wildman–Crippen LogP) is 1.32. The van der Waals surface area contributed by atoms with Gasteiger partial charge in [0.15, 0.2) is 5.43 Å². The van der Waals surface area contributed by atoms with Crippen molar-refractivity contribution >= 4 is 26.8 Å². The number of hydrogen-bond donors (Lipinski definition) is 3. The molecule has 2 unspecified atom stereocenters. The second-order valence-electron chi connectivity index (χ2n) is 3.78. The largest absolute Gasteiger partial charge is 0.389 e. The zero-order valence-corrected chi connectivity index (χ0v) is 10.5. The number of halogens is 1. The zero-order valence-electron chi connectivity index (χ0n) is 8.93. The van der Waals surface area contributed by atoms with Crippen molar-refractivity contribution in [2.45, 2.75) is 12.2 Å². The Bertz CT molecular complexity index is 581. The molecule has 0 saturated carbocycles. The van der Waals surface area contributed by atoms with Crippen LogP contribution in [0.3, 0.4) is 0 Å². The summed E-state index contributed by atoms with van der Waals surface area (Å²) in [5, 5.41) is 20.4. The Morgan fingerprint density at radius 2 is 2.06 bits per heavy atom. The van der Waals surface area contributed by atoms with Gasteiger partial charge in [0.1, 0.15) is 6.10 Å². The van der Waals surface area contributed by atoms with Crippen LogP contribution in [0, 0.1) is 0 Å². The van der Waals surface area contributed by atoms with Crippen molar-refractivity contribution in [3.63, 3.8) is 0 Å². The van der Waals surface area contributed by atoms with E-state index in [-0.39, 0.29) is 10.8 Å². The van der Waals surface area contributed by atoms with Crippen molar-refractivity contribution in [3.05, 3.63) is 46.2 Å². The molecule has 0 bridgehead atoms. The van der Waals surface area contributed by atoms with Gasteiger partial charge in [0, 0.05) is 28.5 Å². The highest BCUT2D eigenvalue weighted by molar-refractivity contribution is 9.09. The smallest absolute Gasteiger partial charge is 0.189 e. The minimum absolute atomic E-state index is 0.110. The summed E-state index contributed by atoms with van der Waals surface area (Å²) < 4.78 is 0. The second kappa shape index (κ2) is 5.00. The number of aromatic amines is 1.